The van der Waals surface area contributed by atoms with E-state index in [1.54, 1.807) is 42.5 Å². The molecule has 4 rings (SSSR count). The van der Waals surface area contributed by atoms with Gasteiger partial charge in [-0.1, -0.05) is 48.0 Å². The Morgan fingerprint density at radius 1 is 0.971 bits per heavy atom. The Kier molecular flexibility index (Phi) is 7.25. The standard InChI is InChI=1S/C26H21ClN2O4S/c1-2-32-23-15-18(8-13-22(23)33-16-17-6-4-3-5-7-17)14-21-24(30)28-26(34)29(25(21)31)20-11-9-19(27)10-12-20/h3-15H,2,16H2,1H3,(H,28,30,34). The molecule has 1 aliphatic heterocycles. The fraction of sp³-hybridized carbons (Fsp3) is 0.115. The van der Waals surface area contributed by atoms with Crippen LogP contribution in [0.2, 0.25) is 5.02 Å². The van der Waals surface area contributed by atoms with Crippen LogP contribution >= 0.6 is 23.8 Å². The number of nitrogens with zero attached hydrogens (tertiary/aromatic N) is 1. The first-order chi connectivity index (χ1) is 16.5. The molecule has 1 fully saturated rings. The van der Waals surface area contributed by atoms with Crippen molar-refractivity contribution in [3.63, 3.8) is 0 Å². The van der Waals surface area contributed by atoms with Crippen LogP contribution in [-0.2, 0) is 16.2 Å². The van der Waals surface area contributed by atoms with Crippen LogP contribution in [0, 0.1) is 0 Å². The molecule has 172 valence electrons. The maximum absolute atomic E-state index is 13.2. The SMILES string of the molecule is CCOc1cc(C=C2C(=O)NC(=S)N(c3ccc(Cl)cc3)C2=O)ccc1OCc1ccccc1. The van der Waals surface area contributed by atoms with E-state index in [1.807, 2.05) is 37.3 Å². The molecule has 3 aromatic rings. The summed E-state index contributed by atoms with van der Waals surface area (Å²) in [5, 5.41) is 3.11. The van der Waals surface area contributed by atoms with Crippen LogP contribution in [-0.4, -0.2) is 23.5 Å². The molecule has 0 unspecified atom stereocenters. The van der Waals surface area contributed by atoms with Gasteiger partial charge in [0.2, 0.25) is 0 Å². The van der Waals surface area contributed by atoms with Crippen molar-refractivity contribution in [1.82, 2.24) is 5.32 Å². The van der Waals surface area contributed by atoms with Crippen LogP contribution in [0.25, 0.3) is 6.08 Å². The molecule has 2 amide bonds. The molecule has 0 spiro atoms. The van der Waals surface area contributed by atoms with Gasteiger partial charge in [-0.05, 0) is 72.7 Å². The van der Waals surface area contributed by atoms with E-state index in [4.69, 9.17) is 33.3 Å². The Labute approximate surface area is 207 Å². The molecular formula is C26H21ClN2O4S. The van der Waals surface area contributed by atoms with Crippen molar-refractivity contribution in [1.29, 1.82) is 0 Å². The van der Waals surface area contributed by atoms with E-state index in [9.17, 15) is 9.59 Å². The van der Waals surface area contributed by atoms with Gasteiger partial charge < -0.3 is 9.47 Å². The summed E-state index contributed by atoms with van der Waals surface area (Å²) in [5.41, 5.74) is 2.09. The number of ether oxygens (including phenoxy) is 2. The molecular weight excluding hydrogens is 472 g/mol. The van der Waals surface area contributed by atoms with Gasteiger partial charge in [0, 0.05) is 5.02 Å². The zero-order valence-corrected chi connectivity index (χ0v) is 19.9. The minimum absolute atomic E-state index is 0.00846. The first kappa shape index (κ1) is 23.5. The maximum Gasteiger partial charge on any atom is 0.270 e. The number of benzene rings is 3. The number of anilines is 1. The number of amides is 2. The Balaban J connectivity index is 1.61. The highest BCUT2D eigenvalue weighted by molar-refractivity contribution is 7.80. The van der Waals surface area contributed by atoms with E-state index in [0.29, 0.717) is 41.0 Å². The first-order valence-electron chi connectivity index (χ1n) is 10.6. The lowest BCUT2D eigenvalue weighted by molar-refractivity contribution is -0.122. The molecule has 3 aromatic carbocycles. The molecule has 1 aliphatic rings. The molecule has 1 heterocycles. The van der Waals surface area contributed by atoms with E-state index in [1.165, 1.54) is 11.0 Å². The highest BCUT2D eigenvalue weighted by Gasteiger charge is 2.34. The fourth-order valence-electron chi connectivity index (χ4n) is 3.39. The topological polar surface area (TPSA) is 67.9 Å². The lowest BCUT2D eigenvalue weighted by Gasteiger charge is -2.29. The molecule has 0 radical (unpaired) electrons. The second-order valence-electron chi connectivity index (χ2n) is 7.35. The van der Waals surface area contributed by atoms with E-state index in [2.05, 4.69) is 5.32 Å². The van der Waals surface area contributed by atoms with Crippen molar-refractivity contribution in [2.45, 2.75) is 13.5 Å². The summed E-state index contributed by atoms with van der Waals surface area (Å²) in [5.74, 6) is -0.0150. The van der Waals surface area contributed by atoms with Crippen LogP contribution in [0.5, 0.6) is 11.5 Å². The van der Waals surface area contributed by atoms with Crippen LogP contribution in [0.4, 0.5) is 5.69 Å². The van der Waals surface area contributed by atoms with Crippen LogP contribution in [0.3, 0.4) is 0 Å². The second kappa shape index (κ2) is 10.5. The Morgan fingerprint density at radius 2 is 1.71 bits per heavy atom. The van der Waals surface area contributed by atoms with Crippen molar-refractivity contribution < 1.29 is 19.1 Å². The number of rotatable bonds is 7. The van der Waals surface area contributed by atoms with Crippen LogP contribution in [0.15, 0.2) is 78.4 Å². The van der Waals surface area contributed by atoms with Gasteiger partial charge in [0.25, 0.3) is 11.8 Å². The van der Waals surface area contributed by atoms with E-state index in [-0.39, 0.29) is 10.7 Å². The first-order valence-corrected chi connectivity index (χ1v) is 11.4. The Morgan fingerprint density at radius 3 is 2.41 bits per heavy atom. The number of carbonyl (C=O) groups excluding carboxylic acids is 2. The molecule has 0 saturated carbocycles. The fourth-order valence-corrected chi connectivity index (χ4v) is 3.79. The number of nitrogens with one attached hydrogen (secondary N) is 1. The van der Waals surface area contributed by atoms with Gasteiger partial charge in [-0.15, -0.1) is 0 Å². The normalized spacial score (nSPS) is 14.8. The number of halogens is 1. The van der Waals surface area contributed by atoms with Crippen molar-refractivity contribution >= 4 is 52.5 Å². The highest BCUT2D eigenvalue weighted by atomic mass is 35.5. The highest BCUT2D eigenvalue weighted by Crippen LogP contribution is 2.31. The van der Waals surface area contributed by atoms with Crippen molar-refractivity contribution in [2.24, 2.45) is 0 Å². The summed E-state index contributed by atoms with van der Waals surface area (Å²) in [7, 11) is 0. The van der Waals surface area contributed by atoms with E-state index < -0.39 is 11.8 Å². The summed E-state index contributed by atoms with van der Waals surface area (Å²) in [6, 6.07) is 21.7. The minimum atomic E-state index is -0.567. The molecule has 1 saturated heterocycles. The molecule has 0 aromatic heterocycles. The Hall–Kier alpha value is -3.68. The number of hydrogen-bond donors (Lipinski definition) is 1. The van der Waals surface area contributed by atoms with E-state index >= 15 is 0 Å². The van der Waals surface area contributed by atoms with Gasteiger partial charge in [0.05, 0.1) is 12.3 Å². The average Bonchev–Trinajstić information content (AvgIpc) is 2.83. The predicted octanol–water partition coefficient (Wildman–Crippen LogP) is 5.15. The smallest absolute Gasteiger partial charge is 0.270 e. The van der Waals surface area contributed by atoms with Crippen molar-refractivity contribution in [3.8, 4) is 11.5 Å². The second-order valence-corrected chi connectivity index (χ2v) is 8.17. The Bertz CT molecular complexity index is 1260. The summed E-state index contributed by atoms with van der Waals surface area (Å²) in [6.07, 6.45) is 1.51. The quantitative estimate of drug-likeness (QED) is 0.281. The maximum atomic E-state index is 13.2. The predicted molar refractivity (Wildman–Crippen MR) is 136 cm³/mol. The largest absolute Gasteiger partial charge is 0.490 e. The van der Waals surface area contributed by atoms with Gasteiger partial charge in [-0.2, -0.15) is 0 Å². The number of hydrogen-bond acceptors (Lipinski definition) is 5. The zero-order chi connectivity index (χ0) is 24.1. The third kappa shape index (κ3) is 5.27. The van der Waals surface area contributed by atoms with Gasteiger partial charge in [0.15, 0.2) is 16.6 Å². The third-order valence-electron chi connectivity index (χ3n) is 5.00. The third-order valence-corrected chi connectivity index (χ3v) is 5.54. The van der Waals surface area contributed by atoms with Gasteiger partial charge in [0.1, 0.15) is 12.2 Å². The van der Waals surface area contributed by atoms with Gasteiger partial charge in [-0.25, -0.2) is 0 Å². The number of carbonyl (C=O) groups is 2. The molecule has 1 N–H and O–H groups in total. The molecule has 8 heteroatoms. The monoisotopic (exact) mass is 492 g/mol. The minimum Gasteiger partial charge on any atom is -0.490 e. The molecule has 6 nitrogen and oxygen atoms in total. The molecule has 0 atom stereocenters. The van der Waals surface area contributed by atoms with Crippen LogP contribution in [0.1, 0.15) is 18.1 Å². The molecule has 34 heavy (non-hydrogen) atoms. The summed E-state index contributed by atoms with van der Waals surface area (Å²) < 4.78 is 11.7. The lowest BCUT2D eigenvalue weighted by atomic mass is 10.1. The summed E-state index contributed by atoms with van der Waals surface area (Å²) in [6.45, 7) is 2.69. The lowest BCUT2D eigenvalue weighted by Crippen LogP contribution is -2.54. The number of thiocarbonyl (C=S) groups is 1. The van der Waals surface area contributed by atoms with Crippen LogP contribution < -0.4 is 19.7 Å². The summed E-state index contributed by atoms with van der Waals surface area (Å²) >= 11 is 11.2. The van der Waals surface area contributed by atoms with Crippen molar-refractivity contribution in [2.75, 3.05) is 11.5 Å². The van der Waals surface area contributed by atoms with Gasteiger partial charge >= 0.3 is 0 Å². The molecule has 0 bridgehead atoms. The zero-order valence-electron chi connectivity index (χ0n) is 18.3. The molecule has 0 aliphatic carbocycles. The average molecular weight is 493 g/mol. The van der Waals surface area contributed by atoms with Gasteiger partial charge in [-0.3, -0.25) is 19.8 Å². The van der Waals surface area contributed by atoms with Crippen molar-refractivity contribution in [3.05, 3.63) is 94.5 Å². The summed E-state index contributed by atoms with van der Waals surface area (Å²) in [4.78, 5) is 27.1. The van der Waals surface area contributed by atoms with E-state index in [0.717, 1.165) is 5.56 Å².